The molecule has 0 atom stereocenters. The van der Waals surface area contributed by atoms with Crippen LogP contribution >= 0.6 is 0 Å². The summed E-state index contributed by atoms with van der Waals surface area (Å²) in [6.45, 7) is 1.75. The van der Waals surface area contributed by atoms with Gasteiger partial charge in [-0.05, 0) is 66.1 Å². The number of carbonyl (C=O) groups excluding carboxylic acids is 1. The van der Waals surface area contributed by atoms with Crippen LogP contribution in [0.1, 0.15) is 12.5 Å². The van der Waals surface area contributed by atoms with Crippen molar-refractivity contribution in [3.05, 3.63) is 84.4 Å². The molecule has 3 rings (SSSR count). The average molecular weight is 349 g/mol. The molecular weight excluding hydrogens is 333 g/mol. The lowest BCUT2D eigenvalue weighted by atomic mass is 10.0. The topological polar surface area (TPSA) is 63.6 Å². The number of nitrogens with zero attached hydrogens (tertiary/aromatic N) is 2. The van der Waals surface area contributed by atoms with Gasteiger partial charge in [-0.2, -0.15) is 0 Å². The van der Waals surface area contributed by atoms with Gasteiger partial charge in [-0.15, -0.1) is 0 Å². The maximum atomic E-state index is 12.9. The number of hydrogen-bond acceptors (Lipinski definition) is 4. The van der Waals surface area contributed by atoms with Crippen LogP contribution in [0.4, 0.5) is 14.9 Å². The molecule has 0 saturated heterocycles. The Bertz CT molecular complexity index is 925. The van der Waals surface area contributed by atoms with Crippen LogP contribution in [-0.4, -0.2) is 16.8 Å². The highest BCUT2D eigenvalue weighted by atomic mass is 19.1. The minimum absolute atomic E-state index is 0.383. The highest BCUT2D eigenvalue weighted by molar-refractivity contribution is 5.99. The van der Waals surface area contributed by atoms with Gasteiger partial charge in [0.15, 0.2) is 0 Å². The van der Waals surface area contributed by atoms with Gasteiger partial charge < -0.3 is 0 Å². The Morgan fingerprint density at radius 2 is 1.77 bits per heavy atom. The van der Waals surface area contributed by atoms with Crippen molar-refractivity contribution < 1.29 is 14.0 Å². The number of benzene rings is 2. The van der Waals surface area contributed by atoms with E-state index in [0.717, 1.165) is 16.7 Å². The number of pyridine rings is 1. The van der Waals surface area contributed by atoms with Crippen molar-refractivity contribution in [2.75, 3.05) is 5.32 Å². The largest absolute Gasteiger partial charge is 0.437 e. The molecular formula is C20H16FN3O2. The zero-order valence-corrected chi connectivity index (χ0v) is 14.0. The Morgan fingerprint density at radius 1 is 1.04 bits per heavy atom. The smallest absolute Gasteiger partial charge is 0.298 e. The number of carbonyl (C=O) groups is 1. The summed E-state index contributed by atoms with van der Waals surface area (Å²) in [5.74, 6) is -0.383. The third-order valence-electron chi connectivity index (χ3n) is 3.65. The van der Waals surface area contributed by atoms with Gasteiger partial charge in [-0.3, -0.25) is 15.1 Å². The second-order valence-corrected chi connectivity index (χ2v) is 5.50. The van der Waals surface area contributed by atoms with Crippen molar-refractivity contribution in [2.24, 2.45) is 5.16 Å². The molecule has 0 spiro atoms. The molecule has 1 aromatic heterocycles. The first-order valence-electron chi connectivity index (χ1n) is 7.91. The molecule has 0 fully saturated rings. The van der Waals surface area contributed by atoms with Crippen LogP contribution < -0.4 is 5.32 Å². The first-order valence-corrected chi connectivity index (χ1v) is 7.91. The third-order valence-corrected chi connectivity index (χ3v) is 3.65. The number of hydrogen-bond donors (Lipinski definition) is 1. The molecule has 26 heavy (non-hydrogen) atoms. The van der Waals surface area contributed by atoms with Crippen LogP contribution in [0.15, 0.2) is 78.2 Å². The zero-order chi connectivity index (χ0) is 18.4. The molecule has 6 heteroatoms. The second kappa shape index (κ2) is 8.02. The molecule has 2 aromatic carbocycles. The van der Waals surface area contributed by atoms with Crippen molar-refractivity contribution in [1.29, 1.82) is 0 Å². The Hall–Kier alpha value is -3.54. The molecule has 0 aliphatic heterocycles. The van der Waals surface area contributed by atoms with Gasteiger partial charge in [0, 0.05) is 18.1 Å². The lowest BCUT2D eigenvalue weighted by Gasteiger charge is -2.06. The average Bonchev–Trinajstić information content (AvgIpc) is 2.69. The van der Waals surface area contributed by atoms with E-state index in [2.05, 4.69) is 15.5 Å². The molecule has 0 radical (unpaired) electrons. The molecule has 1 amide bonds. The number of oxime groups is 1. The van der Waals surface area contributed by atoms with Gasteiger partial charge in [0.05, 0.1) is 5.71 Å². The summed E-state index contributed by atoms with van der Waals surface area (Å²) in [7, 11) is 0. The van der Waals surface area contributed by atoms with Crippen LogP contribution in [0.25, 0.3) is 11.1 Å². The summed E-state index contributed by atoms with van der Waals surface area (Å²) in [4.78, 5) is 20.7. The number of amides is 1. The van der Waals surface area contributed by atoms with Crippen molar-refractivity contribution in [2.45, 2.75) is 6.92 Å². The van der Waals surface area contributed by atoms with Crippen LogP contribution in [0.3, 0.4) is 0 Å². The summed E-state index contributed by atoms with van der Waals surface area (Å²) in [6, 6.07) is 16.9. The van der Waals surface area contributed by atoms with E-state index in [0.29, 0.717) is 11.4 Å². The minimum atomic E-state index is -0.749. The van der Waals surface area contributed by atoms with Gasteiger partial charge in [0.25, 0.3) is 0 Å². The van der Waals surface area contributed by atoms with E-state index >= 15 is 0 Å². The molecule has 3 aromatic rings. The maximum Gasteiger partial charge on any atom is 0.437 e. The first kappa shape index (κ1) is 17.3. The molecule has 0 aliphatic rings. The number of rotatable bonds is 4. The minimum Gasteiger partial charge on any atom is -0.298 e. The highest BCUT2D eigenvalue weighted by Crippen LogP contribution is 2.20. The molecule has 0 saturated carbocycles. The lowest BCUT2D eigenvalue weighted by Crippen LogP contribution is -2.12. The van der Waals surface area contributed by atoms with Gasteiger partial charge in [-0.1, -0.05) is 23.4 Å². The number of halogens is 1. The van der Waals surface area contributed by atoms with Crippen molar-refractivity contribution >= 4 is 17.5 Å². The number of aromatic nitrogens is 1. The fraction of sp³-hybridized carbons (Fsp3) is 0.0500. The maximum absolute atomic E-state index is 12.9. The van der Waals surface area contributed by atoms with E-state index in [-0.39, 0.29) is 5.82 Å². The summed E-state index contributed by atoms with van der Waals surface area (Å²) in [5.41, 5.74) is 3.84. The Kier molecular flexibility index (Phi) is 5.34. The van der Waals surface area contributed by atoms with Gasteiger partial charge in [-0.25, -0.2) is 9.18 Å². The SMILES string of the molecule is C/C(=N/OC(=O)Nc1ccc(F)cc1)c1cccc(-c2ccncc2)c1. The summed E-state index contributed by atoms with van der Waals surface area (Å²) in [6.07, 6.45) is 2.71. The number of nitrogens with one attached hydrogen (secondary N) is 1. The highest BCUT2D eigenvalue weighted by Gasteiger charge is 2.06. The van der Waals surface area contributed by atoms with Crippen molar-refractivity contribution in [3.63, 3.8) is 0 Å². The Labute approximate surface area is 150 Å². The molecule has 130 valence electrons. The first-order chi connectivity index (χ1) is 12.6. The van der Waals surface area contributed by atoms with Crippen molar-refractivity contribution in [3.8, 4) is 11.1 Å². The number of anilines is 1. The van der Waals surface area contributed by atoms with E-state index in [1.165, 1.54) is 24.3 Å². The zero-order valence-electron chi connectivity index (χ0n) is 14.0. The summed E-state index contributed by atoms with van der Waals surface area (Å²) in [5, 5.41) is 6.33. The predicted molar refractivity (Wildman–Crippen MR) is 98.4 cm³/mol. The Balaban J connectivity index is 1.67. The van der Waals surface area contributed by atoms with Crippen molar-refractivity contribution in [1.82, 2.24) is 4.98 Å². The van der Waals surface area contributed by atoms with Gasteiger partial charge in [0.1, 0.15) is 5.82 Å². The van der Waals surface area contributed by atoms with Gasteiger partial charge >= 0.3 is 6.09 Å². The van der Waals surface area contributed by atoms with Crippen LogP contribution in [0, 0.1) is 5.82 Å². The molecule has 1 heterocycles. The summed E-state index contributed by atoms with van der Waals surface area (Å²) >= 11 is 0. The van der Waals surface area contributed by atoms with Crippen LogP contribution in [0.2, 0.25) is 0 Å². The quantitative estimate of drug-likeness (QED) is 0.416. The molecule has 1 N–H and O–H groups in total. The molecule has 0 aliphatic carbocycles. The van der Waals surface area contributed by atoms with Crippen LogP contribution in [-0.2, 0) is 4.84 Å². The fourth-order valence-corrected chi connectivity index (χ4v) is 2.30. The van der Waals surface area contributed by atoms with Gasteiger partial charge in [0.2, 0.25) is 0 Å². The molecule has 0 unspecified atom stereocenters. The van der Waals surface area contributed by atoms with E-state index in [9.17, 15) is 9.18 Å². The third kappa shape index (κ3) is 4.51. The summed E-state index contributed by atoms with van der Waals surface area (Å²) < 4.78 is 12.9. The predicted octanol–water partition coefficient (Wildman–Crippen LogP) is 4.86. The second-order valence-electron chi connectivity index (χ2n) is 5.50. The normalized spacial score (nSPS) is 11.1. The van der Waals surface area contributed by atoms with E-state index in [1.807, 2.05) is 36.4 Å². The Morgan fingerprint density at radius 3 is 2.50 bits per heavy atom. The molecule has 5 nitrogen and oxygen atoms in total. The monoisotopic (exact) mass is 349 g/mol. The van der Waals surface area contributed by atoms with E-state index in [1.54, 1.807) is 19.3 Å². The lowest BCUT2D eigenvalue weighted by molar-refractivity contribution is 0.166. The van der Waals surface area contributed by atoms with E-state index < -0.39 is 6.09 Å². The molecule has 0 bridgehead atoms. The van der Waals surface area contributed by atoms with E-state index in [4.69, 9.17) is 4.84 Å². The van der Waals surface area contributed by atoms with Crippen LogP contribution in [0.5, 0.6) is 0 Å². The fourth-order valence-electron chi connectivity index (χ4n) is 2.30. The standard InChI is InChI=1S/C20H16FN3O2/c1-14(24-26-20(25)23-19-7-5-18(21)6-8-19)16-3-2-4-17(13-16)15-9-11-22-12-10-15/h2-13H,1H3,(H,23,25)/b24-14-.